The van der Waals surface area contributed by atoms with E-state index in [0.29, 0.717) is 5.56 Å². The summed E-state index contributed by atoms with van der Waals surface area (Å²) in [5.74, 6) is -1.52. The normalized spacial score (nSPS) is 28.1. The van der Waals surface area contributed by atoms with E-state index < -0.39 is 36.2 Å². The third kappa shape index (κ3) is 3.59. The van der Waals surface area contributed by atoms with Crippen LogP contribution in [0.5, 0.6) is 0 Å². The van der Waals surface area contributed by atoms with E-state index in [1.165, 1.54) is 7.11 Å². The second kappa shape index (κ2) is 6.69. The zero-order valence-corrected chi connectivity index (χ0v) is 11.6. The molecule has 4 atom stereocenters. The smallest absolute Gasteiger partial charge is 0.338 e. The molecule has 0 aliphatic heterocycles. The number of aliphatic hydroxyl groups is 2. The lowest BCUT2D eigenvalue weighted by atomic mass is 10.0. The summed E-state index contributed by atoms with van der Waals surface area (Å²) < 4.78 is 9.77. The van der Waals surface area contributed by atoms with E-state index in [1.807, 2.05) is 0 Å². The minimum atomic E-state index is -1.20. The highest BCUT2D eigenvalue weighted by molar-refractivity contribution is 5.89. The number of benzene rings is 1. The zero-order valence-electron chi connectivity index (χ0n) is 11.6. The number of esters is 2. The van der Waals surface area contributed by atoms with Gasteiger partial charge in [0.2, 0.25) is 0 Å². The van der Waals surface area contributed by atoms with Crippen LogP contribution in [0.2, 0.25) is 0 Å². The minimum absolute atomic E-state index is 0.0197. The van der Waals surface area contributed by atoms with Gasteiger partial charge in [-0.3, -0.25) is 4.79 Å². The summed E-state index contributed by atoms with van der Waals surface area (Å²) in [7, 11) is 1.26. The van der Waals surface area contributed by atoms with Crippen molar-refractivity contribution in [2.75, 3.05) is 7.11 Å². The van der Waals surface area contributed by atoms with E-state index in [9.17, 15) is 19.8 Å². The lowest BCUT2D eigenvalue weighted by Gasteiger charge is -2.17. The molecule has 0 amide bonds. The Balaban J connectivity index is 1.98. The molecular formula is C15H18O6. The molecule has 6 heteroatoms. The largest absolute Gasteiger partial charge is 0.469 e. The standard InChI is InChI=1S/C15H18O6/c1-20-12(16)8-10-7-11(14(18)13(10)17)21-15(19)9-5-3-2-4-6-9/h2-6,10-11,13-14,17-18H,7-8H2,1H3/t10-,11-,13+,14-/m1/s1. The quantitative estimate of drug-likeness (QED) is 0.786. The fraction of sp³-hybridized carbons (Fsp3) is 0.467. The third-order valence-corrected chi connectivity index (χ3v) is 3.67. The second-order valence-electron chi connectivity index (χ2n) is 5.07. The minimum Gasteiger partial charge on any atom is -0.469 e. The van der Waals surface area contributed by atoms with Crippen molar-refractivity contribution in [1.29, 1.82) is 0 Å². The average Bonchev–Trinajstić information content (AvgIpc) is 2.76. The van der Waals surface area contributed by atoms with Gasteiger partial charge in [0.1, 0.15) is 12.2 Å². The number of hydrogen-bond acceptors (Lipinski definition) is 6. The first-order valence-corrected chi connectivity index (χ1v) is 6.72. The summed E-state index contributed by atoms with van der Waals surface area (Å²) in [6.07, 6.45) is -2.95. The number of carbonyl (C=O) groups excluding carboxylic acids is 2. The molecule has 21 heavy (non-hydrogen) atoms. The maximum atomic E-state index is 11.9. The van der Waals surface area contributed by atoms with Gasteiger partial charge < -0.3 is 19.7 Å². The predicted molar refractivity (Wildman–Crippen MR) is 72.4 cm³/mol. The van der Waals surface area contributed by atoms with Gasteiger partial charge in [-0.15, -0.1) is 0 Å². The van der Waals surface area contributed by atoms with Crippen molar-refractivity contribution in [3.63, 3.8) is 0 Å². The summed E-state index contributed by atoms with van der Waals surface area (Å²) >= 11 is 0. The van der Waals surface area contributed by atoms with Crippen LogP contribution in [0, 0.1) is 5.92 Å². The second-order valence-corrected chi connectivity index (χ2v) is 5.07. The molecule has 1 fully saturated rings. The van der Waals surface area contributed by atoms with Crippen molar-refractivity contribution in [1.82, 2.24) is 0 Å². The van der Waals surface area contributed by atoms with Crippen LogP contribution < -0.4 is 0 Å². The van der Waals surface area contributed by atoms with Crippen LogP contribution in [-0.2, 0) is 14.3 Å². The molecule has 1 aliphatic carbocycles. The Bertz CT molecular complexity index is 500. The highest BCUT2D eigenvalue weighted by Gasteiger charge is 2.44. The highest BCUT2D eigenvalue weighted by Crippen LogP contribution is 2.32. The molecule has 0 heterocycles. The van der Waals surface area contributed by atoms with Crippen LogP contribution in [0.1, 0.15) is 23.2 Å². The van der Waals surface area contributed by atoms with Crippen molar-refractivity contribution >= 4 is 11.9 Å². The Morgan fingerprint density at radius 1 is 1.19 bits per heavy atom. The molecule has 2 N–H and O–H groups in total. The third-order valence-electron chi connectivity index (χ3n) is 3.67. The number of methoxy groups -OCH3 is 1. The maximum Gasteiger partial charge on any atom is 0.338 e. The van der Waals surface area contributed by atoms with Crippen LogP contribution in [0.3, 0.4) is 0 Å². The van der Waals surface area contributed by atoms with Gasteiger partial charge in [0.25, 0.3) is 0 Å². The molecule has 1 aromatic carbocycles. The van der Waals surface area contributed by atoms with Crippen LogP contribution in [0.4, 0.5) is 0 Å². The SMILES string of the molecule is COC(=O)C[C@H]1C[C@@H](OC(=O)c2ccccc2)[C@@H](O)[C@H]1O. The molecule has 1 saturated carbocycles. The molecule has 0 aromatic heterocycles. The lowest BCUT2D eigenvalue weighted by molar-refractivity contribution is -0.142. The fourth-order valence-electron chi connectivity index (χ4n) is 2.48. The van der Waals surface area contributed by atoms with Crippen molar-refractivity contribution in [2.45, 2.75) is 31.2 Å². The first-order chi connectivity index (χ1) is 10.0. The van der Waals surface area contributed by atoms with Crippen molar-refractivity contribution in [3.8, 4) is 0 Å². The van der Waals surface area contributed by atoms with Crippen LogP contribution in [0.25, 0.3) is 0 Å². The topological polar surface area (TPSA) is 93.1 Å². The summed E-state index contributed by atoms with van der Waals surface area (Å²) in [6.45, 7) is 0. The molecule has 6 nitrogen and oxygen atoms in total. The zero-order chi connectivity index (χ0) is 15.4. The molecule has 0 bridgehead atoms. The summed E-state index contributed by atoms with van der Waals surface area (Å²) in [5.41, 5.74) is 0.371. The summed E-state index contributed by atoms with van der Waals surface area (Å²) in [6, 6.07) is 8.39. The van der Waals surface area contributed by atoms with Gasteiger partial charge >= 0.3 is 11.9 Å². The van der Waals surface area contributed by atoms with Crippen LogP contribution in [-0.4, -0.2) is 47.6 Å². The Morgan fingerprint density at radius 2 is 1.86 bits per heavy atom. The van der Waals surface area contributed by atoms with E-state index in [2.05, 4.69) is 4.74 Å². The number of ether oxygens (including phenoxy) is 2. The Hall–Kier alpha value is -1.92. The monoisotopic (exact) mass is 294 g/mol. The van der Waals surface area contributed by atoms with Crippen LogP contribution >= 0.6 is 0 Å². The van der Waals surface area contributed by atoms with Gasteiger partial charge in [-0.1, -0.05) is 18.2 Å². The van der Waals surface area contributed by atoms with E-state index in [0.717, 1.165) is 0 Å². The van der Waals surface area contributed by atoms with E-state index >= 15 is 0 Å². The lowest BCUT2D eigenvalue weighted by Crippen LogP contribution is -2.33. The Kier molecular flexibility index (Phi) is 4.93. The number of rotatable bonds is 4. The molecule has 0 radical (unpaired) electrons. The van der Waals surface area contributed by atoms with Gasteiger partial charge in [-0.05, 0) is 18.6 Å². The summed E-state index contributed by atoms with van der Waals surface area (Å²) in [5, 5.41) is 19.8. The maximum absolute atomic E-state index is 11.9. The molecule has 0 saturated heterocycles. The molecule has 1 aliphatic rings. The van der Waals surface area contributed by atoms with Crippen LogP contribution in [0.15, 0.2) is 30.3 Å². The van der Waals surface area contributed by atoms with Gasteiger partial charge in [0.15, 0.2) is 0 Å². The van der Waals surface area contributed by atoms with E-state index in [-0.39, 0.29) is 12.8 Å². The van der Waals surface area contributed by atoms with Gasteiger partial charge in [0.05, 0.1) is 25.2 Å². The Labute approximate surface area is 122 Å². The number of hydrogen-bond donors (Lipinski definition) is 2. The first kappa shape index (κ1) is 15.5. The van der Waals surface area contributed by atoms with Crippen molar-refractivity contribution in [2.24, 2.45) is 5.92 Å². The van der Waals surface area contributed by atoms with E-state index in [1.54, 1.807) is 30.3 Å². The number of aliphatic hydroxyl groups excluding tert-OH is 2. The van der Waals surface area contributed by atoms with Crippen molar-refractivity contribution < 1.29 is 29.3 Å². The molecule has 114 valence electrons. The molecule has 2 rings (SSSR count). The molecule has 1 aromatic rings. The molecular weight excluding hydrogens is 276 g/mol. The van der Waals surface area contributed by atoms with Gasteiger partial charge in [-0.25, -0.2) is 4.79 Å². The average molecular weight is 294 g/mol. The van der Waals surface area contributed by atoms with E-state index in [4.69, 9.17) is 4.74 Å². The first-order valence-electron chi connectivity index (χ1n) is 6.72. The molecule has 0 unspecified atom stereocenters. The Morgan fingerprint density at radius 3 is 2.48 bits per heavy atom. The van der Waals surface area contributed by atoms with Crippen molar-refractivity contribution in [3.05, 3.63) is 35.9 Å². The predicted octanol–water partition coefficient (Wildman–Crippen LogP) is 0.517. The van der Waals surface area contributed by atoms with Gasteiger partial charge in [-0.2, -0.15) is 0 Å². The highest BCUT2D eigenvalue weighted by atomic mass is 16.6. The van der Waals surface area contributed by atoms with Gasteiger partial charge in [0, 0.05) is 5.92 Å². The fourth-order valence-corrected chi connectivity index (χ4v) is 2.48. The number of carbonyl (C=O) groups is 2. The molecule has 0 spiro atoms. The summed E-state index contributed by atoms with van der Waals surface area (Å²) in [4.78, 5) is 23.2.